The highest BCUT2D eigenvalue weighted by Gasteiger charge is 2.34. The van der Waals surface area contributed by atoms with E-state index in [1.54, 1.807) is 0 Å². The topological polar surface area (TPSA) is 43.1 Å². The summed E-state index contributed by atoms with van der Waals surface area (Å²) < 4.78 is 5.59. The fourth-order valence-corrected chi connectivity index (χ4v) is 2.60. The maximum Gasteiger partial charge on any atom is 0.147 e. The van der Waals surface area contributed by atoms with Crippen molar-refractivity contribution in [2.75, 3.05) is 0 Å². The SMILES string of the molecule is CC(C)c1noc(C2CC2)c1C1=CCC(=O)CC1. The molecular formula is C15H19NO2. The van der Waals surface area contributed by atoms with Gasteiger partial charge in [0.1, 0.15) is 11.5 Å². The molecule has 96 valence electrons. The lowest BCUT2D eigenvalue weighted by molar-refractivity contribution is -0.118. The van der Waals surface area contributed by atoms with Crippen LogP contribution in [-0.2, 0) is 4.79 Å². The van der Waals surface area contributed by atoms with Crippen molar-refractivity contribution >= 4 is 11.4 Å². The Morgan fingerprint density at radius 3 is 2.67 bits per heavy atom. The average molecular weight is 245 g/mol. The molecule has 3 rings (SSSR count). The van der Waals surface area contributed by atoms with Crippen molar-refractivity contribution in [3.05, 3.63) is 23.1 Å². The Labute approximate surface area is 107 Å². The zero-order valence-corrected chi connectivity index (χ0v) is 11.0. The van der Waals surface area contributed by atoms with Gasteiger partial charge in [-0.05, 0) is 30.8 Å². The van der Waals surface area contributed by atoms with Gasteiger partial charge in [0.25, 0.3) is 0 Å². The standard InChI is InChI=1S/C15H19NO2/c1-9(2)14-13(10-5-7-12(17)8-6-10)15(18-16-14)11-3-4-11/h5,9,11H,3-4,6-8H2,1-2H3. The molecule has 0 N–H and O–H groups in total. The van der Waals surface area contributed by atoms with Crippen molar-refractivity contribution in [1.82, 2.24) is 5.16 Å². The van der Waals surface area contributed by atoms with Crippen LogP contribution in [0.25, 0.3) is 5.57 Å². The second-order valence-electron chi connectivity index (χ2n) is 5.71. The first-order valence-corrected chi connectivity index (χ1v) is 6.87. The van der Waals surface area contributed by atoms with E-state index in [1.807, 2.05) is 0 Å². The Morgan fingerprint density at radius 2 is 2.11 bits per heavy atom. The van der Waals surface area contributed by atoms with Gasteiger partial charge < -0.3 is 4.52 Å². The Kier molecular flexibility index (Phi) is 2.84. The van der Waals surface area contributed by atoms with Crippen molar-refractivity contribution in [1.29, 1.82) is 0 Å². The molecule has 0 amide bonds. The van der Waals surface area contributed by atoms with Crippen LogP contribution < -0.4 is 0 Å². The number of nitrogens with zero attached hydrogens (tertiary/aromatic N) is 1. The lowest BCUT2D eigenvalue weighted by Crippen LogP contribution is -2.05. The van der Waals surface area contributed by atoms with Crippen LogP contribution in [0, 0.1) is 0 Å². The molecule has 1 aromatic heterocycles. The highest BCUT2D eigenvalue weighted by Crippen LogP contribution is 2.46. The van der Waals surface area contributed by atoms with E-state index in [0.29, 0.717) is 30.5 Å². The maximum atomic E-state index is 11.3. The summed E-state index contributed by atoms with van der Waals surface area (Å²) >= 11 is 0. The van der Waals surface area contributed by atoms with Gasteiger partial charge in [0, 0.05) is 24.3 Å². The molecule has 0 radical (unpaired) electrons. The molecule has 0 aromatic carbocycles. The van der Waals surface area contributed by atoms with Crippen molar-refractivity contribution in [3.63, 3.8) is 0 Å². The Hall–Kier alpha value is -1.38. The molecule has 18 heavy (non-hydrogen) atoms. The molecule has 0 spiro atoms. The average Bonchev–Trinajstić information content (AvgIpc) is 3.09. The minimum atomic E-state index is 0.342. The number of hydrogen-bond acceptors (Lipinski definition) is 3. The molecule has 3 heteroatoms. The van der Waals surface area contributed by atoms with Gasteiger partial charge in [-0.15, -0.1) is 0 Å². The van der Waals surface area contributed by atoms with Gasteiger partial charge in [-0.25, -0.2) is 0 Å². The molecule has 1 fully saturated rings. The first kappa shape index (κ1) is 11.7. The van der Waals surface area contributed by atoms with Crippen molar-refractivity contribution < 1.29 is 9.32 Å². The lowest BCUT2D eigenvalue weighted by atomic mass is 9.88. The fraction of sp³-hybridized carbons (Fsp3) is 0.600. The van der Waals surface area contributed by atoms with Crippen molar-refractivity contribution in [2.24, 2.45) is 0 Å². The minimum Gasteiger partial charge on any atom is -0.360 e. The summed E-state index contributed by atoms with van der Waals surface area (Å²) in [6, 6.07) is 0. The molecule has 3 nitrogen and oxygen atoms in total. The third-order valence-electron chi connectivity index (χ3n) is 3.81. The summed E-state index contributed by atoms with van der Waals surface area (Å²) in [4.78, 5) is 11.3. The van der Waals surface area contributed by atoms with Crippen LogP contribution in [0.2, 0.25) is 0 Å². The number of carbonyl (C=O) groups excluding carboxylic acids is 1. The van der Waals surface area contributed by atoms with E-state index in [0.717, 1.165) is 17.9 Å². The van der Waals surface area contributed by atoms with E-state index in [9.17, 15) is 4.79 Å². The summed E-state index contributed by atoms with van der Waals surface area (Å²) in [5.41, 5.74) is 3.57. The number of rotatable bonds is 3. The maximum absolute atomic E-state index is 11.3. The van der Waals surface area contributed by atoms with Gasteiger partial charge in [0.15, 0.2) is 0 Å². The molecule has 2 aliphatic carbocycles. The summed E-state index contributed by atoms with van der Waals surface area (Å²) in [5, 5.41) is 4.27. The van der Waals surface area contributed by atoms with Gasteiger partial charge in [0.2, 0.25) is 0 Å². The van der Waals surface area contributed by atoms with Gasteiger partial charge in [0.05, 0.1) is 5.69 Å². The van der Waals surface area contributed by atoms with E-state index in [1.165, 1.54) is 24.0 Å². The highest BCUT2D eigenvalue weighted by molar-refractivity contribution is 5.87. The fourth-order valence-electron chi connectivity index (χ4n) is 2.60. The van der Waals surface area contributed by atoms with Crippen LogP contribution in [0.3, 0.4) is 0 Å². The zero-order valence-electron chi connectivity index (χ0n) is 11.0. The van der Waals surface area contributed by atoms with E-state index >= 15 is 0 Å². The molecule has 0 bridgehead atoms. The van der Waals surface area contributed by atoms with Crippen LogP contribution in [-0.4, -0.2) is 10.9 Å². The molecule has 0 unspecified atom stereocenters. The van der Waals surface area contributed by atoms with Gasteiger partial charge in [-0.1, -0.05) is 25.1 Å². The van der Waals surface area contributed by atoms with Crippen LogP contribution in [0.5, 0.6) is 0 Å². The summed E-state index contributed by atoms with van der Waals surface area (Å²) in [5.74, 6) is 2.35. The monoisotopic (exact) mass is 245 g/mol. The Morgan fingerprint density at radius 1 is 1.33 bits per heavy atom. The third kappa shape index (κ3) is 2.02. The summed E-state index contributed by atoms with van der Waals surface area (Å²) in [6.07, 6.45) is 6.59. The van der Waals surface area contributed by atoms with Crippen LogP contribution in [0.4, 0.5) is 0 Å². The summed E-state index contributed by atoms with van der Waals surface area (Å²) in [7, 11) is 0. The number of Topliss-reactive ketones (excluding diaryl/α,β-unsaturated/α-hetero) is 1. The Balaban J connectivity index is 2.02. The number of allylic oxidation sites excluding steroid dienone is 2. The number of ketones is 1. The number of carbonyl (C=O) groups is 1. The van der Waals surface area contributed by atoms with Crippen LogP contribution in [0.1, 0.15) is 74.8 Å². The number of aromatic nitrogens is 1. The molecule has 1 saturated carbocycles. The summed E-state index contributed by atoms with van der Waals surface area (Å²) in [6.45, 7) is 4.29. The number of hydrogen-bond donors (Lipinski definition) is 0. The predicted molar refractivity (Wildman–Crippen MR) is 69.4 cm³/mol. The largest absolute Gasteiger partial charge is 0.360 e. The first-order chi connectivity index (χ1) is 8.66. The van der Waals surface area contributed by atoms with Gasteiger partial charge in [-0.3, -0.25) is 4.79 Å². The molecule has 0 saturated heterocycles. The zero-order chi connectivity index (χ0) is 12.7. The molecule has 1 aromatic rings. The first-order valence-electron chi connectivity index (χ1n) is 6.87. The predicted octanol–water partition coefficient (Wildman–Crippen LogP) is 3.81. The quantitative estimate of drug-likeness (QED) is 0.813. The normalized spacial score (nSPS) is 20.4. The highest BCUT2D eigenvalue weighted by atomic mass is 16.5. The smallest absolute Gasteiger partial charge is 0.147 e. The van der Waals surface area contributed by atoms with Crippen LogP contribution in [0.15, 0.2) is 10.6 Å². The molecule has 0 atom stereocenters. The van der Waals surface area contributed by atoms with E-state index in [-0.39, 0.29) is 0 Å². The molecular weight excluding hydrogens is 226 g/mol. The van der Waals surface area contributed by atoms with E-state index < -0.39 is 0 Å². The minimum absolute atomic E-state index is 0.342. The van der Waals surface area contributed by atoms with Gasteiger partial charge >= 0.3 is 0 Å². The van der Waals surface area contributed by atoms with Crippen molar-refractivity contribution in [2.45, 2.75) is 57.8 Å². The second-order valence-corrected chi connectivity index (χ2v) is 5.71. The van der Waals surface area contributed by atoms with Crippen LogP contribution >= 0.6 is 0 Å². The van der Waals surface area contributed by atoms with E-state index in [2.05, 4.69) is 25.1 Å². The third-order valence-corrected chi connectivity index (χ3v) is 3.81. The van der Waals surface area contributed by atoms with E-state index in [4.69, 9.17) is 4.52 Å². The Bertz CT molecular complexity index is 487. The lowest BCUT2D eigenvalue weighted by Gasteiger charge is -2.14. The molecule has 2 aliphatic rings. The van der Waals surface area contributed by atoms with Gasteiger partial charge in [-0.2, -0.15) is 0 Å². The second kappa shape index (κ2) is 4.38. The molecule has 0 aliphatic heterocycles. The molecule has 1 heterocycles. The van der Waals surface area contributed by atoms with Crippen molar-refractivity contribution in [3.8, 4) is 0 Å².